The first-order chi connectivity index (χ1) is 15.8. The molecule has 0 saturated carbocycles. The number of halogens is 7. The van der Waals surface area contributed by atoms with Gasteiger partial charge in [0.15, 0.2) is 23.3 Å². The zero-order chi connectivity index (χ0) is 25.3. The standard InChI is InChI=1S/C19H11F7N2O3S3/c20-14-13(19(24,25)26)15(21)17(23)18(16(14)22)27-11(29)8-33-10-5-3-9(4-6-10)28-34(30,31)12-2-1-7-32-12/h1-7,28H,8H2,(H,27,29). The number of anilines is 2. The van der Waals surface area contributed by atoms with Crippen LogP contribution in [0.1, 0.15) is 5.56 Å². The molecule has 0 atom stereocenters. The fourth-order valence-corrected chi connectivity index (χ4v) is 5.31. The van der Waals surface area contributed by atoms with Crippen molar-refractivity contribution in [3.8, 4) is 0 Å². The Bertz CT molecular complexity index is 1280. The minimum atomic E-state index is -5.70. The van der Waals surface area contributed by atoms with E-state index in [0.717, 1.165) is 23.1 Å². The number of nitrogens with one attached hydrogen (secondary N) is 2. The SMILES string of the molecule is O=C(CSc1ccc(NS(=O)(=O)c2cccs2)cc1)Nc1c(F)c(F)c(C(F)(F)F)c(F)c1F. The van der Waals surface area contributed by atoms with Crippen LogP contribution in [0.4, 0.5) is 42.1 Å². The van der Waals surface area contributed by atoms with Crippen molar-refractivity contribution in [2.75, 3.05) is 15.8 Å². The predicted octanol–water partition coefficient (Wildman–Crippen LogP) is 5.85. The largest absolute Gasteiger partial charge is 0.422 e. The summed E-state index contributed by atoms with van der Waals surface area (Å²) in [6.45, 7) is 0. The number of carbonyl (C=O) groups excluding carboxylic acids is 1. The van der Waals surface area contributed by atoms with Crippen LogP contribution in [-0.2, 0) is 21.0 Å². The lowest BCUT2D eigenvalue weighted by atomic mass is 10.1. The molecule has 0 aliphatic heterocycles. The van der Waals surface area contributed by atoms with Crippen LogP contribution in [0.2, 0.25) is 0 Å². The Hall–Kier alpha value is -2.78. The van der Waals surface area contributed by atoms with E-state index < -0.39 is 62.4 Å². The van der Waals surface area contributed by atoms with E-state index in [0.29, 0.717) is 4.90 Å². The molecule has 1 aromatic heterocycles. The highest BCUT2D eigenvalue weighted by Crippen LogP contribution is 2.38. The Kier molecular flexibility index (Phi) is 7.47. The molecule has 1 amide bonds. The quantitative estimate of drug-likeness (QED) is 0.222. The fraction of sp³-hybridized carbons (Fsp3) is 0.105. The van der Waals surface area contributed by atoms with Crippen molar-refractivity contribution in [3.63, 3.8) is 0 Å². The van der Waals surface area contributed by atoms with Gasteiger partial charge in [-0.1, -0.05) is 6.07 Å². The number of alkyl halides is 3. The van der Waals surface area contributed by atoms with Crippen molar-refractivity contribution >= 4 is 50.4 Å². The highest BCUT2D eigenvalue weighted by Gasteiger charge is 2.42. The summed E-state index contributed by atoms with van der Waals surface area (Å²) in [6, 6.07) is 8.58. The van der Waals surface area contributed by atoms with Gasteiger partial charge in [0, 0.05) is 10.6 Å². The van der Waals surface area contributed by atoms with E-state index >= 15 is 0 Å². The topological polar surface area (TPSA) is 75.3 Å². The Morgan fingerprint density at radius 3 is 2.03 bits per heavy atom. The third kappa shape index (κ3) is 5.64. The number of rotatable bonds is 7. The van der Waals surface area contributed by atoms with E-state index in [1.807, 2.05) is 0 Å². The van der Waals surface area contributed by atoms with Crippen molar-refractivity contribution in [1.82, 2.24) is 0 Å². The predicted molar refractivity (Wildman–Crippen MR) is 112 cm³/mol. The summed E-state index contributed by atoms with van der Waals surface area (Å²) in [6.07, 6.45) is -5.70. The third-order valence-electron chi connectivity index (χ3n) is 4.05. The van der Waals surface area contributed by atoms with Gasteiger partial charge in [-0.3, -0.25) is 9.52 Å². The molecule has 0 radical (unpaired) electrons. The number of benzene rings is 2. The summed E-state index contributed by atoms with van der Waals surface area (Å²) in [4.78, 5) is 12.4. The van der Waals surface area contributed by atoms with Crippen LogP contribution in [0.3, 0.4) is 0 Å². The van der Waals surface area contributed by atoms with Crippen LogP contribution in [0, 0.1) is 23.3 Å². The molecule has 0 aliphatic rings. The number of hydrogen-bond acceptors (Lipinski definition) is 5. The maximum absolute atomic E-state index is 13.9. The molecule has 0 spiro atoms. The molecular formula is C19H11F7N2O3S3. The molecule has 0 bridgehead atoms. The van der Waals surface area contributed by atoms with Crippen molar-refractivity contribution in [3.05, 3.63) is 70.6 Å². The zero-order valence-electron chi connectivity index (χ0n) is 16.3. The van der Waals surface area contributed by atoms with E-state index in [2.05, 4.69) is 4.72 Å². The van der Waals surface area contributed by atoms with Gasteiger partial charge >= 0.3 is 6.18 Å². The average Bonchev–Trinajstić information content (AvgIpc) is 3.30. The second-order valence-electron chi connectivity index (χ2n) is 6.40. The number of hydrogen-bond donors (Lipinski definition) is 2. The van der Waals surface area contributed by atoms with Crippen molar-refractivity contribution in [1.29, 1.82) is 0 Å². The normalized spacial score (nSPS) is 12.0. The van der Waals surface area contributed by atoms with Crippen LogP contribution >= 0.6 is 23.1 Å². The molecule has 34 heavy (non-hydrogen) atoms. The van der Waals surface area contributed by atoms with Crippen LogP contribution in [0.25, 0.3) is 0 Å². The minimum absolute atomic E-state index is 0.0956. The number of thiophene rings is 1. The molecule has 2 N–H and O–H groups in total. The van der Waals surface area contributed by atoms with Crippen molar-refractivity contribution < 1.29 is 43.9 Å². The summed E-state index contributed by atoms with van der Waals surface area (Å²) in [7, 11) is -3.78. The zero-order valence-corrected chi connectivity index (χ0v) is 18.8. The Labute approximate surface area is 196 Å². The van der Waals surface area contributed by atoms with Gasteiger partial charge in [0.25, 0.3) is 10.0 Å². The minimum Gasteiger partial charge on any atom is -0.320 e. The average molecular weight is 544 g/mol. The fourth-order valence-electron chi connectivity index (χ4n) is 2.56. The molecule has 3 rings (SSSR count). The van der Waals surface area contributed by atoms with Gasteiger partial charge in [0.2, 0.25) is 5.91 Å². The van der Waals surface area contributed by atoms with Gasteiger partial charge in [-0.15, -0.1) is 23.1 Å². The molecule has 0 aliphatic carbocycles. The highest BCUT2D eigenvalue weighted by molar-refractivity contribution is 8.00. The molecule has 0 fully saturated rings. The van der Waals surface area contributed by atoms with E-state index in [4.69, 9.17) is 0 Å². The molecule has 5 nitrogen and oxygen atoms in total. The summed E-state index contributed by atoms with van der Waals surface area (Å²) < 4.78 is 120. The van der Waals surface area contributed by atoms with E-state index in [1.165, 1.54) is 35.6 Å². The molecule has 3 aromatic rings. The van der Waals surface area contributed by atoms with Gasteiger partial charge in [-0.2, -0.15) is 13.2 Å². The van der Waals surface area contributed by atoms with E-state index in [-0.39, 0.29) is 9.90 Å². The van der Waals surface area contributed by atoms with Crippen LogP contribution in [0.5, 0.6) is 0 Å². The monoisotopic (exact) mass is 544 g/mol. The number of carbonyl (C=O) groups is 1. The van der Waals surface area contributed by atoms with Gasteiger partial charge in [-0.25, -0.2) is 26.0 Å². The van der Waals surface area contributed by atoms with Crippen LogP contribution in [-0.4, -0.2) is 20.1 Å². The van der Waals surface area contributed by atoms with Gasteiger partial charge in [-0.05, 0) is 35.7 Å². The molecular weight excluding hydrogens is 533 g/mol. The van der Waals surface area contributed by atoms with Gasteiger partial charge in [0.1, 0.15) is 15.5 Å². The van der Waals surface area contributed by atoms with Crippen molar-refractivity contribution in [2.45, 2.75) is 15.3 Å². The number of amides is 1. The molecule has 0 unspecified atom stereocenters. The summed E-state index contributed by atoms with van der Waals surface area (Å²) in [5.41, 5.74) is -4.22. The first-order valence-corrected chi connectivity index (χ1v) is 12.2. The summed E-state index contributed by atoms with van der Waals surface area (Å²) in [5.74, 6) is -11.9. The highest BCUT2D eigenvalue weighted by atomic mass is 32.2. The van der Waals surface area contributed by atoms with Crippen LogP contribution in [0.15, 0.2) is 50.9 Å². The molecule has 182 valence electrons. The Morgan fingerprint density at radius 2 is 1.53 bits per heavy atom. The van der Waals surface area contributed by atoms with E-state index in [1.54, 1.807) is 11.4 Å². The van der Waals surface area contributed by atoms with Crippen molar-refractivity contribution in [2.24, 2.45) is 0 Å². The first-order valence-electron chi connectivity index (χ1n) is 8.83. The lowest BCUT2D eigenvalue weighted by molar-refractivity contribution is -0.143. The maximum atomic E-state index is 13.9. The summed E-state index contributed by atoms with van der Waals surface area (Å²) >= 11 is 1.81. The third-order valence-corrected chi connectivity index (χ3v) is 7.84. The van der Waals surface area contributed by atoms with Gasteiger partial charge < -0.3 is 5.32 Å². The molecule has 1 heterocycles. The Morgan fingerprint density at radius 1 is 0.941 bits per heavy atom. The molecule has 15 heteroatoms. The lowest BCUT2D eigenvalue weighted by Gasteiger charge is -2.14. The number of thioether (sulfide) groups is 1. The second kappa shape index (κ2) is 9.84. The number of sulfonamides is 1. The Balaban J connectivity index is 1.66. The summed E-state index contributed by atoms with van der Waals surface area (Å²) in [5, 5.41) is 3.11. The van der Waals surface area contributed by atoms with Crippen LogP contribution < -0.4 is 10.0 Å². The lowest BCUT2D eigenvalue weighted by Crippen LogP contribution is -2.21. The second-order valence-corrected chi connectivity index (χ2v) is 10.3. The van der Waals surface area contributed by atoms with Gasteiger partial charge in [0.05, 0.1) is 5.75 Å². The van der Waals surface area contributed by atoms with E-state index in [9.17, 15) is 43.9 Å². The smallest absolute Gasteiger partial charge is 0.320 e. The maximum Gasteiger partial charge on any atom is 0.422 e. The first kappa shape index (κ1) is 25.8. The molecule has 2 aromatic carbocycles. The molecule has 0 saturated heterocycles.